The molecule has 2 heterocycles. The maximum absolute atomic E-state index is 4.79. The molecule has 1 atom stereocenters. The van der Waals surface area contributed by atoms with Crippen molar-refractivity contribution >= 4 is 35.7 Å². The van der Waals surface area contributed by atoms with Gasteiger partial charge in [-0.25, -0.2) is 0 Å². The molecule has 0 unspecified atom stereocenters. The Morgan fingerprint density at radius 2 is 1.81 bits per heavy atom. The van der Waals surface area contributed by atoms with Gasteiger partial charge in [0, 0.05) is 31.6 Å². The highest BCUT2D eigenvalue weighted by atomic mass is 35.5. The SMILES string of the molecule is C=C[C@@H](c1ccc2ccccc2n1)N1CCNCC1.Cl.Cl. The van der Waals surface area contributed by atoms with Gasteiger partial charge >= 0.3 is 0 Å². The molecule has 1 N–H and O–H groups in total. The lowest BCUT2D eigenvalue weighted by atomic mass is 10.1. The van der Waals surface area contributed by atoms with Gasteiger partial charge in [0.1, 0.15) is 0 Å². The summed E-state index contributed by atoms with van der Waals surface area (Å²) < 4.78 is 0. The number of pyridine rings is 1. The fourth-order valence-corrected chi connectivity index (χ4v) is 2.66. The number of nitrogens with one attached hydrogen (secondary N) is 1. The van der Waals surface area contributed by atoms with E-state index in [1.165, 1.54) is 5.39 Å². The lowest BCUT2D eigenvalue weighted by molar-refractivity contribution is 0.201. The van der Waals surface area contributed by atoms with E-state index in [1.54, 1.807) is 0 Å². The van der Waals surface area contributed by atoms with Crippen molar-refractivity contribution in [3.05, 3.63) is 54.7 Å². The number of rotatable bonds is 3. The molecular formula is C16H21Cl2N3. The van der Waals surface area contributed by atoms with Crippen molar-refractivity contribution in [2.24, 2.45) is 0 Å². The summed E-state index contributed by atoms with van der Waals surface area (Å²) in [6, 6.07) is 12.7. The maximum Gasteiger partial charge on any atom is 0.0706 e. The Bertz CT molecular complexity index is 582. The van der Waals surface area contributed by atoms with Crippen LogP contribution >= 0.6 is 24.8 Å². The van der Waals surface area contributed by atoms with Gasteiger partial charge in [-0.1, -0.05) is 30.3 Å². The molecule has 0 bridgehead atoms. The molecule has 21 heavy (non-hydrogen) atoms. The van der Waals surface area contributed by atoms with E-state index in [4.69, 9.17) is 4.98 Å². The van der Waals surface area contributed by atoms with Gasteiger partial charge in [0.2, 0.25) is 0 Å². The van der Waals surface area contributed by atoms with E-state index < -0.39 is 0 Å². The highest BCUT2D eigenvalue weighted by molar-refractivity contribution is 5.85. The first-order chi connectivity index (χ1) is 9.38. The highest BCUT2D eigenvalue weighted by Gasteiger charge is 2.20. The van der Waals surface area contributed by atoms with Crippen LogP contribution < -0.4 is 5.32 Å². The predicted octanol–water partition coefficient (Wildman–Crippen LogP) is 3.21. The van der Waals surface area contributed by atoms with Crippen molar-refractivity contribution in [3.8, 4) is 0 Å². The zero-order valence-electron chi connectivity index (χ0n) is 11.9. The predicted molar refractivity (Wildman–Crippen MR) is 93.6 cm³/mol. The summed E-state index contributed by atoms with van der Waals surface area (Å²) in [5.41, 5.74) is 2.15. The van der Waals surface area contributed by atoms with Crippen LogP contribution in [0.4, 0.5) is 0 Å². The van der Waals surface area contributed by atoms with E-state index in [2.05, 4.69) is 41.1 Å². The molecule has 3 rings (SSSR count). The van der Waals surface area contributed by atoms with E-state index >= 15 is 0 Å². The molecule has 1 fully saturated rings. The van der Waals surface area contributed by atoms with Crippen LogP contribution in [0.2, 0.25) is 0 Å². The minimum atomic E-state index is 0. The third kappa shape index (κ3) is 3.95. The van der Waals surface area contributed by atoms with Crippen LogP contribution in [0.15, 0.2) is 49.1 Å². The number of hydrogen-bond acceptors (Lipinski definition) is 3. The third-order valence-corrected chi connectivity index (χ3v) is 3.69. The fraction of sp³-hybridized carbons (Fsp3) is 0.312. The summed E-state index contributed by atoms with van der Waals surface area (Å²) in [7, 11) is 0. The van der Waals surface area contributed by atoms with Gasteiger partial charge in [-0.3, -0.25) is 9.88 Å². The Balaban J connectivity index is 0.00000110. The Morgan fingerprint density at radius 1 is 1.10 bits per heavy atom. The van der Waals surface area contributed by atoms with Gasteiger partial charge in [0.05, 0.1) is 17.3 Å². The molecule has 1 aromatic heterocycles. The van der Waals surface area contributed by atoms with Crippen molar-refractivity contribution in [1.29, 1.82) is 0 Å². The monoisotopic (exact) mass is 325 g/mol. The quantitative estimate of drug-likeness (QED) is 0.878. The van der Waals surface area contributed by atoms with Crippen LogP contribution in [0.3, 0.4) is 0 Å². The third-order valence-electron chi connectivity index (χ3n) is 3.69. The number of fused-ring (bicyclic) bond motifs is 1. The van der Waals surface area contributed by atoms with Crippen molar-refractivity contribution in [1.82, 2.24) is 15.2 Å². The molecule has 3 nitrogen and oxygen atoms in total. The number of para-hydroxylation sites is 1. The van der Waals surface area contributed by atoms with Crippen LogP contribution in [0.25, 0.3) is 10.9 Å². The summed E-state index contributed by atoms with van der Waals surface area (Å²) in [5.74, 6) is 0. The van der Waals surface area contributed by atoms with E-state index in [0.29, 0.717) is 0 Å². The van der Waals surface area contributed by atoms with Crippen LogP contribution in [0.5, 0.6) is 0 Å². The summed E-state index contributed by atoms with van der Waals surface area (Å²) >= 11 is 0. The molecule has 1 saturated heterocycles. The molecule has 1 aliphatic heterocycles. The normalized spacial score (nSPS) is 16.6. The molecule has 114 valence electrons. The van der Waals surface area contributed by atoms with E-state index in [-0.39, 0.29) is 30.9 Å². The molecule has 2 aromatic rings. The number of aromatic nitrogens is 1. The first-order valence-electron chi connectivity index (χ1n) is 6.81. The highest BCUT2D eigenvalue weighted by Crippen LogP contribution is 2.22. The standard InChI is InChI=1S/C16H19N3.2ClH/c1-2-16(19-11-9-17-10-12-19)15-8-7-13-5-3-4-6-14(13)18-15;;/h2-8,16-17H,1,9-12H2;2*1H/t16-;;/m0../s1. The van der Waals surface area contributed by atoms with Gasteiger partial charge in [-0.15, -0.1) is 31.4 Å². The molecule has 0 radical (unpaired) electrons. The number of halogens is 2. The number of hydrogen-bond donors (Lipinski definition) is 1. The topological polar surface area (TPSA) is 28.2 Å². The number of nitrogens with zero attached hydrogens (tertiary/aromatic N) is 2. The second-order valence-corrected chi connectivity index (χ2v) is 4.90. The molecule has 0 saturated carbocycles. The first kappa shape index (κ1) is 17.9. The zero-order chi connectivity index (χ0) is 13.1. The van der Waals surface area contributed by atoms with Crippen LogP contribution in [-0.4, -0.2) is 36.1 Å². The maximum atomic E-state index is 4.79. The summed E-state index contributed by atoms with van der Waals surface area (Å²) in [5, 5.41) is 4.57. The largest absolute Gasteiger partial charge is 0.314 e. The smallest absolute Gasteiger partial charge is 0.0706 e. The zero-order valence-corrected chi connectivity index (χ0v) is 13.5. The number of piperazine rings is 1. The van der Waals surface area contributed by atoms with Gasteiger partial charge in [0.15, 0.2) is 0 Å². The summed E-state index contributed by atoms with van der Waals surface area (Å²) in [6.45, 7) is 8.16. The van der Waals surface area contributed by atoms with E-state index in [0.717, 1.165) is 37.4 Å². The van der Waals surface area contributed by atoms with Crippen LogP contribution in [0, 0.1) is 0 Å². The van der Waals surface area contributed by atoms with Crippen LogP contribution in [-0.2, 0) is 0 Å². The van der Waals surface area contributed by atoms with Crippen molar-refractivity contribution in [3.63, 3.8) is 0 Å². The van der Waals surface area contributed by atoms with E-state index in [9.17, 15) is 0 Å². The van der Waals surface area contributed by atoms with Gasteiger partial charge in [-0.2, -0.15) is 0 Å². The van der Waals surface area contributed by atoms with Crippen LogP contribution in [0.1, 0.15) is 11.7 Å². The van der Waals surface area contributed by atoms with Gasteiger partial charge in [0.25, 0.3) is 0 Å². The average Bonchev–Trinajstić information content (AvgIpc) is 2.49. The Morgan fingerprint density at radius 3 is 2.52 bits per heavy atom. The number of benzene rings is 1. The Kier molecular flexibility index (Phi) is 7.12. The van der Waals surface area contributed by atoms with Crippen molar-refractivity contribution in [2.75, 3.05) is 26.2 Å². The minimum Gasteiger partial charge on any atom is -0.314 e. The van der Waals surface area contributed by atoms with Gasteiger partial charge < -0.3 is 5.32 Å². The lowest BCUT2D eigenvalue weighted by Gasteiger charge is -2.32. The molecule has 0 amide bonds. The average molecular weight is 326 g/mol. The van der Waals surface area contributed by atoms with Crippen molar-refractivity contribution in [2.45, 2.75) is 6.04 Å². The Labute approximate surface area is 138 Å². The molecule has 0 spiro atoms. The lowest BCUT2D eigenvalue weighted by Crippen LogP contribution is -2.44. The van der Waals surface area contributed by atoms with Crippen molar-refractivity contribution < 1.29 is 0 Å². The second kappa shape index (κ2) is 8.35. The second-order valence-electron chi connectivity index (χ2n) is 4.90. The Hall–Kier alpha value is -1.13. The first-order valence-corrected chi connectivity index (χ1v) is 6.81. The molecule has 0 aliphatic carbocycles. The molecule has 1 aliphatic rings. The summed E-state index contributed by atoms with van der Waals surface area (Å²) in [6.07, 6.45) is 2.00. The van der Waals surface area contributed by atoms with E-state index in [1.807, 2.05) is 18.2 Å². The fourth-order valence-electron chi connectivity index (χ4n) is 2.66. The molecule has 1 aromatic carbocycles. The molecule has 5 heteroatoms. The molecular weight excluding hydrogens is 305 g/mol. The summed E-state index contributed by atoms with van der Waals surface area (Å²) in [4.78, 5) is 7.22. The van der Waals surface area contributed by atoms with Gasteiger partial charge in [-0.05, 0) is 12.1 Å². The minimum absolute atomic E-state index is 0.